The van der Waals surface area contributed by atoms with Crippen LogP contribution in [-0.4, -0.2) is 16.5 Å². The Hall–Kier alpha value is -0.250. The molecule has 1 aromatic heterocycles. The Balaban J connectivity index is 0.000000500. The number of nitrogens with zero attached hydrogens (tertiary/aromatic N) is 1. The molecule has 3 nitrogen and oxygen atoms in total. The number of hydrogen-bond donors (Lipinski definition) is 2. The van der Waals surface area contributed by atoms with Crippen LogP contribution in [0.5, 0.6) is 0 Å². The van der Waals surface area contributed by atoms with Gasteiger partial charge in [0.05, 0.1) is 17.7 Å². The quantitative estimate of drug-likeness (QED) is 0.431. The van der Waals surface area contributed by atoms with Crippen LogP contribution in [0.2, 0.25) is 0 Å². The highest BCUT2D eigenvalue weighted by Crippen LogP contribution is 2.06. The molecule has 2 N–H and O–H groups in total. The first-order valence-electron chi connectivity index (χ1n) is 3.18. The third-order valence-corrected chi connectivity index (χ3v) is 1.65. The maximum Gasteiger partial charge on any atom is 0.0925 e. The lowest BCUT2D eigenvalue weighted by atomic mass is 10.2. The number of H-pyrrole nitrogens is 1. The van der Waals surface area contributed by atoms with Gasteiger partial charge >= 0.3 is 0 Å². The fourth-order valence-electron chi connectivity index (χ4n) is 1.14. The molecule has 5 heteroatoms. The fourth-order valence-corrected chi connectivity index (χ4v) is 1.14. The van der Waals surface area contributed by atoms with Crippen molar-refractivity contribution in [2.24, 2.45) is 0 Å². The topological polar surface area (TPSA) is 40.7 Å². The first kappa shape index (κ1) is 10.8. The summed E-state index contributed by atoms with van der Waals surface area (Å²) in [6.45, 7) is 2.02. The van der Waals surface area contributed by atoms with Gasteiger partial charge in [-0.2, -0.15) is 0 Å². The zero-order valence-electron chi connectivity index (χ0n) is 5.90. The minimum absolute atomic E-state index is 0. The largest absolute Gasteiger partial charge is 1.00 e. The van der Waals surface area contributed by atoms with Crippen molar-refractivity contribution in [2.45, 2.75) is 13.0 Å². The van der Waals surface area contributed by atoms with Crippen LogP contribution in [0.4, 0.5) is 0 Å². The predicted octanol–water partition coefficient (Wildman–Crippen LogP) is -5.94. The maximum absolute atomic E-state index is 4.16. The molecule has 0 radical (unpaired) electrons. The lowest BCUT2D eigenvalue weighted by Crippen LogP contribution is -3.00. The molecule has 0 unspecified atom stereocenters. The highest BCUT2D eigenvalue weighted by molar-refractivity contribution is 5.13. The van der Waals surface area contributed by atoms with Crippen molar-refractivity contribution in [3.05, 3.63) is 17.7 Å². The second kappa shape index (κ2) is 4.59. The van der Waals surface area contributed by atoms with E-state index in [0.29, 0.717) is 0 Å². The Morgan fingerprint density at radius 2 is 2.18 bits per heavy atom. The molecule has 0 bridgehead atoms. The monoisotopic (exact) mass is 193 g/mol. The normalized spacial score (nSPS) is 14.2. The number of imidazole rings is 1. The van der Waals surface area contributed by atoms with E-state index in [4.69, 9.17) is 0 Å². The Kier molecular flexibility index (Phi) is 4.49. The van der Waals surface area contributed by atoms with E-state index in [1.807, 2.05) is 0 Å². The van der Waals surface area contributed by atoms with Crippen LogP contribution < -0.4 is 30.1 Å². The molecule has 0 fully saturated rings. The number of hydrogen-bond acceptors (Lipinski definition) is 2. The summed E-state index contributed by atoms with van der Waals surface area (Å²) in [5, 5.41) is 3.26. The number of nitrogens with one attached hydrogen (secondary N) is 2. The molecule has 1 aromatic rings. The van der Waals surface area contributed by atoms with Crippen molar-refractivity contribution in [3.63, 3.8) is 0 Å². The summed E-state index contributed by atoms with van der Waals surface area (Å²) < 4.78 is 0. The Morgan fingerprint density at radius 3 is 2.91 bits per heavy atom. The number of aromatic amines is 1. The van der Waals surface area contributed by atoms with Crippen LogP contribution in [0, 0.1) is 0 Å². The molecule has 0 atom stereocenters. The SMILES string of the molecule is [Cl-].[Cl-].c1nc2c([nH]1)CNCC2. The van der Waals surface area contributed by atoms with Gasteiger partial charge in [-0.25, -0.2) is 4.98 Å². The lowest BCUT2D eigenvalue weighted by molar-refractivity contribution is -0.001000. The first-order chi connectivity index (χ1) is 4.47. The predicted molar refractivity (Wildman–Crippen MR) is 34.0 cm³/mol. The van der Waals surface area contributed by atoms with Crippen molar-refractivity contribution in [1.29, 1.82) is 0 Å². The van der Waals surface area contributed by atoms with E-state index in [0.717, 1.165) is 19.5 Å². The third-order valence-electron chi connectivity index (χ3n) is 1.65. The van der Waals surface area contributed by atoms with Crippen molar-refractivity contribution in [1.82, 2.24) is 15.3 Å². The van der Waals surface area contributed by atoms with Gasteiger partial charge in [0.1, 0.15) is 0 Å². The fraction of sp³-hybridized carbons (Fsp3) is 0.500. The van der Waals surface area contributed by atoms with Crippen LogP contribution in [0.15, 0.2) is 6.33 Å². The smallest absolute Gasteiger partial charge is 0.0925 e. The van der Waals surface area contributed by atoms with Gasteiger partial charge in [0.15, 0.2) is 0 Å². The second-order valence-corrected chi connectivity index (χ2v) is 2.25. The number of rotatable bonds is 0. The lowest BCUT2D eigenvalue weighted by Gasteiger charge is -2.09. The summed E-state index contributed by atoms with van der Waals surface area (Å²) >= 11 is 0. The summed E-state index contributed by atoms with van der Waals surface area (Å²) in [4.78, 5) is 7.25. The second-order valence-electron chi connectivity index (χ2n) is 2.25. The average Bonchev–Trinajstić information content (AvgIpc) is 2.33. The molecule has 64 valence electrons. The van der Waals surface area contributed by atoms with Gasteiger partial charge in [0.25, 0.3) is 0 Å². The molecule has 1 aliphatic rings. The molecule has 0 aliphatic carbocycles. The van der Waals surface area contributed by atoms with Gasteiger partial charge < -0.3 is 35.1 Å². The number of aromatic nitrogens is 2. The summed E-state index contributed by atoms with van der Waals surface area (Å²) in [6.07, 6.45) is 2.83. The zero-order valence-corrected chi connectivity index (χ0v) is 7.41. The number of halogens is 2. The molecule has 11 heavy (non-hydrogen) atoms. The molecular weight excluding hydrogens is 185 g/mol. The molecule has 0 saturated carbocycles. The van der Waals surface area contributed by atoms with E-state index in [1.165, 1.54) is 11.4 Å². The van der Waals surface area contributed by atoms with Gasteiger partial charge in [-0.1, -0.05) is 0 Å². The third kappa shape index (κ3) is 2.09. The van der Waals surface area contributed by atoms with Gasteiger partial charge in [-0.05, 0) is 0 Å². The van der Waals surface area contributed by atoms with Crippen LogP contribution in [0.1, 0.15) is 11.4 Å². The summed E-state index contributed by atoms with van der Waals surface area (Å²) in [7, 11) is 0. The Morgan fingerprint density at radius 1 is 1.36 bits per heavy atom. The number of fused-ring (bicyclic) bond motifs is 1. The maximum atomic E-state index is 4.16. The zero-order chi connectivity index (χ0) is 6.10. The summed E-state index contributed by atoms with van der Waals surface area (Å²) in [5.41, 5.74) is 2.48. The van der Waals surface area contributed by atoms with E-state index in [2.05, 4.69) is 15.3 Å². The van der Waals surface area contributed by atoms with Crippen molar-refractivity contribution < 1.29 is 24.8 Å². The van der Waals surface area contributed by atoms with E-state index in [9.17, 15) is 0 Å². The standard InChI is InChI=1S/C6H9N3.2ClH/c1-2-7-3-6-5(1)8-4-9-6;;/h4,7H,1-3H2,(H,8,9);2*1H/p-2. The molecule has 0 spiro atoms. The summed E-state index contributed by atoms with van der Waals surface area (Å²) in [6, 6.07) is 0. The molecule has 0 amide bonds. The first-order valence-corrected chi connectivity index (χ1v) is 3.18. The average molecular weight is 194 g/mol. The van der Waals surface area contributed by atoms with Crippen LogP contribution in [0.25, 0.3) is 0 Å². The van der Waals surface area contributed by atoms with E-state index in [-0.39, 0.29) is 24.8 Å². The Bertz CT molecular complexity index is 191. The van der Waals surface area contributed by atoms with Gasteiger partial charge in [-0.15, -0.1) is 0 Å². The van der Waals surface area contributed by atoms with Crippen molar-refractivity contribution in [3.8, 4) is 0 Å². The molecule has 2 rings (SSSR count). The molecule has 0 aromatic carbocycles. The van der Waals surface area contributed by atoms with E-state index >= 15 is 0 Å². The van der Waals surface area contributed by atoms with Crippen LogP contribution in [-0.2, 0) is 13.0 Å². The highest BCUT2D eigenvalue weighted by atomic mass is 35.5. The summed E-state index contributed by atoms with van der Waals surface area (Å²) in [5.74, 6) is 0. The Labute approximate surface area is 77.8 Å². The van der Waals surface area contributed by atoms with Crippen molar-refractivity contribution >= 4 is 0 Å². The molecular formula is C6H9Cl2N3-2. The highest BCUT2D eigenvalue weighted by Gasteiger charge is 2.08. The van der Waals surface area contributed by atoms with Gasteiger partial charge in [-0.3, -0.25) is 0 Å². The van der Waals surface area contributed by atoms with Crippen LogP contribution >= 0.6 is 0 Å². The van der Waals surface area contributed by atoms with Gasteiger partial charge in [0.2, 0.25) is 0 Å². The molecule has 0 saturated heterocycles. The minimum atomic E-state index is 0. The van der Waals surface area contributed by atoms with Gasteiger partial charge in [0, 0.05) is 19.5 Å². The van der Waals surface area contributed by atoms with Crippen LogP contribution in [0.3, 0.4) is 0 Å². The van der Waals surface area contributed by atoms with E-state index < -0.39 is 0 Å². The molecule has 2 heterocycles. The van der Waals surface area contributed by atoms with Crippen molar-refractivity contribution in [2.75, 3.05) is 6.54 Å². The molecule has 1 aliphatic heterocycles. The minimum Gasteiger partial charge on any atom is -1.00 e. The van der Waals surface area contributed by atoms with E-state index in [1.54, 1.807) is 6.33 Å².